The van der Waals surface area contributed by atoms with Crippen LogP contribution in [0.25, 0.3) is 0 Å². The van der Waals surface area contributed by atoms with Crippen LogP contribution in [-0.4, -0.2) is 35.2 Å². The van der Waals surface area contributed by atoms with E-state index in [4.69, 9.17) is 11.1 Å². The third-order valence-corrected chi connectivity index (χ3v) is 5.41. The average Bonchev–Trinajstić information content (AvgIpc) is 2.79. The number of rotatable bonds is 9. The van der Waals surface area contributed by atoms with Crippen LogP contribution in [0, 0.1) is 5.41 Å². The molecule has 2 amide bonds. The molecule has 1 heterocycles. The number of carbonyl (C=O) groups excluding carboxylic acids is 2. The molecular weight excluding hydrogens is 428 g/mol. The van der Waals surface area contributed by atoms with Crippen LogP contribution in [0.4, 0.5) is 0 Å². The van der Waals surface area contributed by atoms with Crippen molar-refractivity contribution in [2.45, 2.75) is 50.7 Å². The average molecular weight is 459 g/mol. The minimum absolute atomic E-state index is 0. The molecule has 1 fully saturated rings. The van der Waals surface area contributed by atoms with E-state index in [1.165, 1.54) is 6.42 Å². The van der Waals surface area contributed by atoms with Gasteiger partial charge >= 0.3 is 0 Å². The number of nitrogens with zero attached hydrogens (tertiary/aromatic N) is 1. The van der Waals surface area contributed by atoms with Crippen molar-refractivity contribution in [1.29, 1.82) is 5.41 Å². The highest BCUT2D eigenvalue weighted by atomic mass is 35.5. The standard InChI is InChI=1S/C23H30N6O2.ClH/c24-22(25)17-11-9-16(10-12-17)14-27-21(19-8-4-5-13-26-19)23(31)28-15-20(30)29-18-6-2-1-3-7-18;/h4-5,8-13,18,21,27H,1-3,6-7,14-15H2,(H3,24,25)(H,28,31)(H,29,30);1H. The van der Waals surface area contributed by atoms with Crippen molar-refractivity contribution < 1.29 is 9.59 Å². The first-order valence-corrected chi connectivity index (χ1v) is 10.7. The first kappa shape index (κ1) is 25.3. The fourth-order valence-electron chi connectivity index (χ4n) is 3.70. The summed E-state index contributed by atoms with van der Waals surface area (Å²) in [6.45, 7) is 0.356. The van der Waals surface area contributed by atoms with Gasteiger partial charge in [0.15, 0.2) is 0 Å². The van der Waals surface area contributed by atoms with Gasteiger partial charge in [0, 0.05) is 24.3 Å². The zero-order valence-electron chi connectivity index (χ0n) is 18.0. The van der Waals surface area contributed by atoms with Crippen LogP contribution in [0.1, 0.15) is 55.0 Å². The van der Waals surface area contributed by atoms with Gasteiger partial charge in [-0.1, -0.05) is 49.6 Å². The molecule has 9 heteroatoms. The number of amidine groups is 1. The minimum atomic E-state index is -0.698. The van der Waals surface area contributed by atoms with E-state index >= 15 is 0 Å². The van der Waals surface area contributed by atoms with E-state index in [0.29, 0.717) is 17.8 Å². The number of halogens is 1. The molecule has 1 aliphatic carbocycles. The quantitative estimate of drug-likeness (QED) is 0.290. The van der Waals surface area contributed by atoms with E-state index in [1.807, 2.05) is 18.2 Å². The van der Waals surface area contributed by atoms with Crippen molar-refractivity contribution in [2.24, 2.45) is 5.73 Å². The van der Waals surface area contributed by atoms with Gasteiger partial charge in [-0.25, -0.2) is 0 Å². The first-order valence-electron chi connectivity index (χ1n) is 10.7. The SMILES string of the molecule is Cl.N=C(N)c1ccc(CNC(C(=O)NCC(=O)NC2CCCCC2)c2ccccn2)cc1. The third-order valence-electron chi connectivity index (χ3n) is 5.41. The lowest BCUT2D eigenvalue weighted by Crippen LogP contribution is -2.45. The second-order valence-corrected chi connectivity index (χ2v) is 7.80. The number of benzene rings is 1. The molecule has 3 rings (SSSR count). The molecule has 32 heavy (non-hydrogen) atoms. The number of hydrogen-bond acceptors (Lipinski definition) is 5. The van der Waals surface area contributed by atoms with Gasteiger partial charge in [0.2, 0.25) is 11.8 Å². The topological polar surface area (TPSA) is 133 Å². The van der Waals surface area contributed by atoms with Crippen molar-refractivity contribution in [3.8, 4) is 0 Å². The van der Waals surface area contributed by atoms with Crippen LogP contribution in [0.5, 0.6) is 0 Å². The highest BCUT2D eigenvalue weighted by molar-refractivity contribution is 5.94. The van der Waals surface area contributed by atoms with Gasteiger partial charge < -0.3 is 16.4 Å². The Kier molecular flexibility index (Phi) is 10.1. The Morgan fingerprint density at radius 1 is 1.09 bits per heavy atom. The molecule has 0 aliphatic heterocycles. The number of carbonyl (C=O) groups is 2. The molecule has 1 atom stereocenters. The van der Waals surface area contributed by atoms with Crippen molar-refractivity contribution in [3.63, 3.8) is 0 Å². The Labute approximate surface area is 194 Å². The number of pyridine rings is 1. The van der Waals surface area contributed by atoms with Crippen LogP contribution < -0.4 is 21.7 Å². The number of aromatic nitrogens is 1. The van der Waals surface area contributed by atoms with Crippen molar-refractivity contribution in [1.82, 2.24) is 20.9 Å². The van der Waals surface area contributed by atoms with Gasteiger partial charge in [-0.05, 0) is 30.5 Å². The summed E-state index contributed by atoms with van der Waals surface area (Å²) in [6, 6.07) is 12.1. The first-order chi connectivity index (χ1) is 15.0. The largest absolute Gasteiger partial charge is 0.384 e. The molecular formula is C23H31ClN6O2. The maximum Gasteiger partial charge on any atom is 0.243 e. The van der Waals surface area contributed by atoms with Crippen molar-refractivity contribution >= 4 is 30.1 Å². The van der Waals surface area contributed by atoms with Crippen LogP contribution in [-0.2, 0) is 16.1 Å². The molecule has 0 spiro atoms. The van der Waals surface area contributed by atoms with Crippen LogP contribution >= 0.6 is 12.4 Å². The maximum absolute atomic E-state index is 12.9. The molecule has 1 saturated carbocycles. The molecule has 8 nitrogen and oxygen atoms in total. The lowest BCUT2D eigenvalue weighted by atomic mass is 9.95. The van der Waals surface area contributed by atoms with Gasteiger partial charge in [0.25, 0.3) is 0 Å². The van der Waals surface area contributed by atoms with Gasteiger partial charge in [0.05, 0.1) is 12.2 Å². The van der Waals surface area contributed by atoms with Gasteiger partial charge in [0.1, 0.15) is 11.9 Å². The Hall–Kier alpha value is -2.97. The number of nitrogens with one attached hydrogen (secondary N) is 4. The van der Waals surface area contributed by atoms with Gasteiger partial charge in [-0.15, -0.1) is 12.4 Å². The Bertz CT molecular complexity index is 885. The highest BCUT2D eigenvalue weighted by Gasteiger charge is 2.22. The van der Waals surface area contributed by atoms with E-state index in [9.17, 15) is 9.59 Å². The van der Waals surface area contributed by atoms with Crippen molar-refractivity contribution in [3.05, 3.63) is 65.5 Å². The predicted molar refractivity (Wildman–Crippen MR) is 127 cm³/mol. The van der Waals surface area contributed by atoms with E-state index in [-0.39, 0.29) is 42.6 Å². The molecule has 172 valence electrons. The van der Waals surface area contributed by atoms with Crippen LogP contribution in [0.2, 0.25) is 0 Å². The Morgan fingerprint density at radius 3 is 2.44 bits per heavy atom. The second-order valence-electron chi connectivity index (χ2n) is 7.80. The summed E-state index contributed by atoms with van der Waals surface area (Å²) >= 11 is 0. The molecule has 2 aromatic rings. The molecule has 1 aromatic carbocycles. The number of nitrogens with two attached hydrogens (primary N) is 1. The maximum atomic E-state index is 12.9. The Morgan fingerprint density at radius 2 is 1.81 bits per heavy atom. The zero-order valence-corrected chi connectivity index (χ0v) is 18.8. The monoisotopic (exact) mass is 458 g/mol. The summed E-state index contributed by atoms with van der Waals surface area (Å²) in [7, 11) is 0. The Balaban J connectivity index is 0.00000363. The number of amides is 2. The normalized spacial score (nSPS) is 14.6. The lowest BCUT2D eigenvalue weighted by molar-refractivity contribution is -0.127. The van der Waals surface area contributed by atoms with E-state index < -0.39 is 6.04 Å². The fourth-order valence-corrected chi connectivity index (χ4v) is 3.70. The van der Waals surface area contributed by atoms with E-state index in [0.717, 1.165) is 31.2 Å². The molecule has 1 aliphatic rings. The number of nitrogen functional groups attached to an aromatic ring is 1. The fraction of sp³-hybridized carbons (Fsp3) is 0.391. The summed E-state index contributed by atoms with van der Waals surface area (Å²) in [6.07, 6.45) is 7.12. The zero-order chi connectivity index (χ0) is 22.1. The molecule has 0 bridgehead atoms. The summed E-state index contributed by atoms with van der Waals surface area (Å²) < 4.78 is 0. The predicted octanol–water partition coefficient (Wildman–Crippen LogP) is 2.18. The van der Waals surface area contributed by atoms with Crippen LogP contribution in [0.3, 0.4) is 0 Å². The van der Waals surface area contributed by atoms with E-state index in [2.05, 4.69) is 20.9 Å². The van der Waals surface area contributed by atoms with Gasteiger partial charge in [-0.3, -0.25) is 25.3 Å². The summed E-state index contributed by atoms with van der Waals surface area (Å²) in [5.41, 5.74) is 7.65. The summed E-state index contributed by atoms with van der Waals surface area (Å²) in [4.78, 5) is 29.4. The lowest BCUT2D eigenvalue weighted by Gasteiger charge is -2.23. The smallest absolute Gasteiger partial charge is 0.243 e. The summed E-state index contributed by atoms with van der Waals surface area (Å²) in [5.74, 6) is -0.463. The summed E-state index contributed by atoms with van der Waals surface area (Å²) in [5, 5.41) is 16.4. The van der Waals surface area contributed by atoms with Crippen molar-refractivity contribution in [2.75, 3.05) is 6.54 Å². The van der Waals surface area contributed by atoms with E-state index in [1.54, 1.807) is 30.5 Å². The third kappa shape index (κ3) is 7.62. The van der Waals surface area contributed by atoms with Gasteiger partial charge in [-0.2, -0.15) is 0 Å². The molecule has 0 radical (unpaired) electrons. The minimum Gasteiger partial charge on any atom is -0.384 e. The molecule has 1 unspecified atom stereocenters. The molecule has 1 aromatic heterocycles. The second kappa shape index (κ2) is 12.8. The van der Waals surface area contributed by atoms with Crippen LogP contribution in [0.15, 0.2) is 48.7 Å². The molecule has 6 N–H and O–H groups in total. The highest BCUT2D eigenvalue weighted by Crippen LogP contribution is 2.17. The molecule has 0 saturated heterocycles. The number of hydrogen-bond donors (Lipinski definition) is 5.